The number of halogens is 3. The SMILES string of the molecule is Nc1ccc2[nH]c(C(=O)Nc3cccc(-c4ccccc4C(F)(F)F)c3)cc2c1. The molecule has 0 saturated carbocycles. The summed E-state index contributed by atoms with van der Waals surface area (Å²) in [5.41, 5.74) is 7.50. The molecular weight excluding hydrogens is 379 g/mol. The summed E-state index contributed by atoms with van der Waals surface area (Å²) >= 11 is 0. The number of H-pyrrole nitrogens is 1. The van der Waals surface area contributed by atoms with Gasteiger partial charge in [-0.2, -0.15) is 13.2 Å². The van der Waals surface area contributed by atoms with Gasteiger partial charge in [-0.15, -0.1) is 0 Å². The van der Waals surface area contributed by atoms with Gasteiger partial charge in [0, 0.05) is 22.3 Å². The van der Waals surface area contributed by atoms with E-state index in [0.717, 1.165) is 17.0 Å². The number of hydrogen-bond donors (Lipinski definition) is 3. The van der Waals surface area contributed by atoms with Crippen molar-refractivity contribution >= 4 is 28.2 Å². The van der Waals surface area contributed by atoms with E-state index in [1.54, 1.807) is 48.5 Å². The third kappa shape index (κ3) is 3.80. The molecule has 29 heavy (non-hydrogen) atoms. The molecule has 4 aromatic rings. The van der Waals surface area contributed by atoms with E-state index in [9.17, 15) is 18.0 Å². The molecule has 146 valence electrons. The number of alkyl halides is 3. The number of aromatic amines is 1. The summed E-state index contributed by atoms with van der Waals surface area (Å²) in [7, 11) is 0. The van der Waals surface area contributed by atoms with E-state index >= 15 is 0 Å². The van der Waals surface area contributed by atoms with Crippen molar-refractivity contribution in [3.63, 3.8) is 0 Å². The fourth-order valence-electron chi connectivity index (χ4n) is 3.22. The van der Waals surface area contributed by atoms with Crippen LogP contribution < -0.4 is 11.1 Å². The first kappa shape index (κ1) is 18.6. The van der Waals surface area contributed by atoms with Crippen molar-refractivity contribution in [1.29, 1.82) is 0 Å². The average molecular weight is 395 g/mol. The lowest BCUT2D eigenvalue weighted by atomic mass is 9.99. The second-order valence-corrected chi connectivity index (χ2v) is 6.61. The van der Waals surface area contributed by atoms with Crippen molar-refractivity contribution in [1.82, 2.24) is 4.98 Å². The molecule has 4 rings (SSSR count). The fourth-order valence-corrected chi connectivity index (χ4v) is 3.22. The van der Waals surface area contributed by atoms with E-state index in [1.165, 1.54) is 18.2 Å². The highest BCUT2D eigenvalue weighted by Gasteiger charge is 2.33. The number of nitrogens with one attached hydrogen (secondary N) is 2. The monoisotopic (exact) mass is 395 g/mol. The number of anilines is 2. The summed E-state index contributed by atoms with van der Waals surface area (Å²) in [5.74, 6) is -0.402. The summed E-state index contributed by atoms with van der Waals surface area (Å²) in [6, 6.07) is 18.6. The minimum Gasteiger partial charge on any atom is -0.399 e. The second-order valence-electron chi connectivity index (χ2n) is 6.61. The van der Waals surface area contributed by atoms with Crippen LogP contribution >= 0.6 is 0 Å². The Bertz CT molecular complexity index is 1210. The standard InChI is InChI=1S/C22H16F3N3O/c23-22(24,25)18-7-2-1-6-17(18)13-4-3-5-16(11-13)27-21(29)20-12-14-10-15(26)8-9-19(14)28-20/h1-12,28H,26H2,(H,27,29). The van der Waals surface area contributed by atoms with Gasteiger partial charge in [0.25, 0.3) is 5.91 Å². The van der Waals surface area contributed by atoms with E-state index in [4.69, 9.17) is 5.73 Å². The van der Waals surface area contributed by atoms with Crippen LogP contribution in [0.15, 0.2) is 72.8 Å². The molecule has 0 atom stereocenters. The smallest absolute Gasteiger partial charge is 0.399 e. The zero-order valence-electron chi connectivity index (χ0n) is 15.0. The van der Waals surface area contributed by atoms with Crippen LogP contribution in [0, 0.1) is 0 Å². The van der Waals surface area contributed by atoms with Crippen molar-refractivity contribution in [2.45, 2.75) is 6.18 Å². The number of nitrogen functional groups attached to an aromatic ring is 1. The van der Waals surface area contributed by atoms with Crippen LogP contribution in [-0.2, 0) is 6.18 Å². The second kappa shape index (κ2) is 7.01. The van der Waals surface area contributed by atoms with Gasteiger partial charge >= 0.3 is 6.18 Å². The number of benzene rings is 3. The van der Waals surface area contributed by atoms with E-state index in [2.05, 4.69) is 10.3 Å². The van der Waals surface area contributed by atoms with Crippen LogP contribution in [-0.4, -0.2) is 10.9 Å². The third-order valence-corrected chi connectivity index (χ3v) is 4.55. The van der Waals surface area contributed by atoms with Crippen molar-refractivity contribution < 1.29 is 18.0 Å². The highest BCUT2D eigenvalue weighted by molar-refractivity contribution is 6.06. The van der Waals surface area contributed by atoms with Crippen molar-refractivity contribution in [3.8, 4) is 11.1 Å². The zero-order valence-corrected chi connectivity index (χ0v) is 15.0. The first-order valence-corrected chi connectivity index (χ1v) is 8.77. The van der Waals surface area contributed by atoms with E-state index in [-0.39, 0.29) is 5.56 Å². The van der Waals surface area contributed by atoms with E-state index in [0.29, 0.717) is 22.6 Å². The lowest BCUT2D eigenvalue weighted by molar-refractivity contribution is -0.137. The first-order valence-electron chi connectivity index (χ1n) is 8.77. The van der Waals surface area contributed by atoms with E-state index < -0.39 is 17.6 Å². The molecule has 0 unspecified atom stereocenters. The predicted octanol–water partition coefficient (Wildman–Crippen LogP) is 5.69. The topological polar surface area (TPSA) is 70.9 Å². The van der Waals surface area contributed by atoms with Gasteiger partial charge in [-0.1, -0.05) is 30.3 Å². The molecule has 1 heterocycles. The molecule has 3 aromatic carbocycles. The van der Waals surface area contributed by atoms with Crippen molar-refractivity contribution in [3.05, 3.63) is 84.1 Å². The predicted molar refractivity (Wildman–Crippen MR) is 108 cm³/mol. The number of aromatic nitrogens is 1. The number of carbonyl (C=O) groups is 1. The number of nitrogens with two attached hydrogens (primary N) is 1. The van der Waals surface area contributed by atoms with E-state index in [1.807, 2.05) is 0 Å². The Labute approximate surface area is 164 Å². The summed E-state index contributed by atoms with van der Waals surface area (Å²) < 4.78 is 39.9. The Hall–Kier alpha value is -3.74. The number of hydrogen-bond acceptors (Lipinski definition) is 2. The molecule has 1 amide bonds. The van der Waals surface area contributed by atoms with Gasteiger partial charge in [0.1, 0.15) is 5.69 Å². The number of fused-ring (bicyclic) bond motifs is 1. The maximum atomic E-state index is 13.3. The number of rotatable bonds is 3. The Morgan fingerprint density at radius 2 is 1.72 bits per heavy atom. The van der Waals surface area contributed by atoms with Crippen LogP contribution in [0.3, 0.4) is 0 Å². The molecule has 4 N–H and O–H groups in total. The molecule has 0 bridgehead atoms. The minimum absolute atomic E-state index is 0.0530. The van der Waals surface area contributed by atoms with Crippen LogP contribution in [0.25, 0.3) is 22.0 Å². The Kier molecular flexibility index (Phi) is 4.50. The Balaban J connectivity index is 1.63. The molecule has 0 aliphatic rings. The normalized spacial score (nSPS) is 11.6. The Morgan fingerprint density at radius 1 is 0.931 bits per heavy atom. The molecule has 0 saturated heterocycles. The summed E-state index contributed by atoms with van der Waals surface area (Å²) in [6.07, 6.45) is -4.47. The minimum atomic E-state index is -4.47. The quantitative estimate of drug-likeness (QED) is 0.390. The van der Waals surface area contributed by atoms with Crippen LogP contribution in [0.4, 0.5) is 24.5 Å². The molecule has 1 aromatic heterocycles. The molecule has 0 aliphatic heterocycles. The lowest BCUT2D eigenvalue weighted by Crippen LogP contribution is -2.12. The highest BCUT2D eigenvalue weighted by atomic mass is 19.4. The van der Waals surface area contributed by atoms with Gasteiger partial charge in [-0.3, -0.25) is 4.79 Å². The molecule has 0 fully saturated rings. The molecule has 4 nitrogen and oxygen atoms in total. The Morgan fingerprint density at radius 3 is 2.52 bits per heavy atom. The molecular formula is C22H16F3N3O. The van der Waals surface area contributed by atoms with Gasteiger partial charge in [-0.25, -0.2) is 0 Å². The van der Waals surface area contributed by atoms with Crippen LogP contribution in [0.2, 0.25) is 0 Å². The van der Waals surface area contributed by atoms with Crippen molar-refractivity contribution in [2.24, 2.45) is 0 Å². The van der Waals surface area contributed by atoms with Crippen LogP contribution in [0.1, 0.15) is 16.1 Å². The van der Waals surface area contributed by atoms with Gasteiger partial charge in [0.2, 0.25) is 0 Å². The summed E-state index contributed by atoms with van der Waals surface area (Å²) in [4.78, 5) is 15.6. The van der Waals surface area contributed by atoms with Crippen molar-refractivity contribution in [2.75, 3.05) is 11.1 Å². The summed E-state index contributed by atoms with van der Waals surface area (Å²) in [5, 5.41) is 3.51. The molecule has 0 spiro atoms. The largest absolute Gasteiger partial charge is 0.417 e. The van der Waals surface area contributed by atoms with Gasteiger partial charge in [0.15, 0.2) is 0 Å². The number of carbonyl (C=O) groups excluding carboxylic acids is 1. The lowest BCUT2D eigenvalue weighted by Gasteiger charge is -2.13. The summed E-state index contributed by atoms with van der Waals surface area (Å²) in [6.45, 7) is 0. The maximum Gasteiger partial charge on any atom is 0.417 e. The highest BCUT2D eigenvalue weighted by Crippen LogP contribution is 2.37. The zero-order chi connectivity index (χ0) is 20.6. The fraction of sp³-hybridized carbons (Fsp3) is 0.0455. The molecule has 0 radical (unpaired) electrons. The van der Waals surface area contributed by atoms with Crippen LogP contribution in [0.5, 0.6) is 0 Å². The molecule has 0 aliphatic carbocycles. The maximum absolute atomic E-state index is 13.3. The van der Waals surface area contributed by atoms with Gasteiger partial charge in [0.05, 0.1) is 5.56 Å². The van der Waals surface area contributed by atoms with Gasteiger partial charge < -0.3 is 16.0 Å². The third-order valence-electron chi connectivity index (χ3n) is 4.55. The average Bonchev–Trinajstić information content (AvgIpc) is 3.11. The van der Waals surface area contributed by atoms with Gasteiger partial charge in [-0.05, 0) is 53.6 Å². The molecule has 7 heteroatoms. The first-order chi connectivity index (χ1) is 13.8. The number of amides is 1.